The van der Waals surface area contributed by atoms with E-state index in [0.717, 1.165) is 6.54 Å². The normalized spacial score (nSPS) is 10.1. The van der Waals surface area contributed by atoms with Crippen LogP contribution in [0.15, 0.2) is 12.1 Å². The van der Waals surface area contributed by atoms with E-state index < -0.39 is 0 Å². The zero-order valence-corrected chi connectivity index (χ0v) is 9.26. The Morgan fingerprint density at radius 2 is 2.13 bits per heavy atom. The van der Waals surface area contributed by atoms with E-state index in [1.807, 2.05) is 6.07 Å². The fourth-order valence-corrected chi connectivity index (χ4v) is 1.24. The van der Waals surface area contributed by atoms with Gasteiger partial charge in [0.15, 0.2) is 0 Å². The molecule has 1 rings (SSSR count). The first kappa shape index (κ1) is 11.5. The number of rotatable bonds is 3. The third kappa shape index (κ3) is 2.95. The number of hydrogen-bond acceptors (Lipinski definition) is 2. The van der Waals surface area contributed by atoms with Crippen molar-refractivity contribution in [1.29, 1.82) is 5.26 Å². The Kier molecular flexibility index (Phi) is 3.68. The highest BCUT2D eigenvalue weighted by Gasteiger charge is 2.06. The van der Waals surface area contributed by atoms with Crippen LogP contribution >= 0.6 is 0 Å². The van der Waals surface area contributed by atoms with Gasteiger partial charge in [-0.05, 0) is 25.0 Å². The summed E-state index contributed by atoms with van der Waals surface area (Å²) in [6, 6.07) is 4.88. The van der Waals surface area contributed by atoms with Crippen LogP contribution in [0.3, 0.4) is 0 Å². The number of anilines is 1. The molecule has 80 valence electrons. The maximum atomic E-state index is 13.4. The summed E-state index contributed by atoms with van der Waals surface area (Å²) in [5.41, 5.74) is 1.62. The summed E-state index contributed by atoms with van der Waals surface area (Å²) >= 11 is 0. The van der Waals surface area contributed by atoms with Gasteiger partial charge in [-0.1, -0.05) is 13.8 Å². The van der Waals surface area contributed by atoms with E-state index in [9.17, 15) is 4.39 Å². The summed E-state index contributed by atoms with van der Waals surface area (Å²) in [7, 11) is 0. The van der Waals surface area contributed by atoms with Crippen molar-refractivity contribution in [2.45, 2.75) is 20.8 Å². The number of nitrogens with zero attached hydrogens (tertiary/aromatic N) is 1. The van der Waals surface area contributed by atoms with Gasteiger partial charge < -0.3 is 5.32 Å². The Bertz CT molecular complexity index is 391. The fraction of sp³-hybridized carbons (Fsp3) is 0.417. The van der Waals surface area contributed by atoms with Crippen molar-refractivity contribution in [3.05, 3.63) is 29.1 Å². The van der Waals surface area contributed by atoms with Crippen LogP contribution in [-0.4, -0.2) is 6.54 Å². The van der Waals surface area contributed by atoms with E-state index >= 15 is 0 Å². The van der Waals surface area contributed by atoms with Crippen LogP contribution in [-0.2, 0) is 0 Å². The molecule has 2 nitrogen and oxygen atoms in total. The monoisotopic (exact) mass is 206 g/mol. The molecular weight excluding hydrogens is 191 g/mol. The maximum absolute atomic E-state index is 13.4. The van der Waals surface area contributed by atoms with Crippen LogP contribution < -0.4 is 5.32 Å². The highest BCUT2D eigenvalue weighted by molar-refractivity contribution is 5.55. The van der Waals surface area contributed by atoms with E-state index in [2.05, 4.69) is 19.2 Å². The second-order valence-corrected chi connectivity index (χ2v) is 4.02. The second kappa shape index (κ2) is 4.79. The Hall–Kier alpha value is -1.56. The first-order valence-electron chi connectivity index (χ1n) is 4.98. The molecule has 0 atom stereocenters. The molecule has 0 heterocycles. The van der Waals surface area contributed by atoms with E-state index in [-0.39, 0.29) is 5.82 Å². The minimum absolute atomic E-state index is 0.333. The standard InChI is InChI=1S/C12H15FN2/c1-8(2)7-15-12-5-10(6-14)4-11(13)9(12)3/h4-5,8,15H,7H2,1-3H3. The van der Waals surface area contributed by atoms with Crippen molar-refractivity contribution in [2.75, 3.05) is 11.9 Å². The number of hydrogen-bond donors (Lipinski definition) is 1. The molecule has 0 radical (unpaired) electrons. The first-order chi connectivity index (χ1) is 7.04. The molecule has 0 unspecified atom stereocenters. The summed E-state index contributed by atoms with van der Waals surface area (Å²) in [6.45, 7) is 6.63. The summed E-state index contributed by atoms with van der Waals surface area (Å²) < 4.78 is 13.4. The summed E-state index contributed by atoms with van der Waals surface area (Å²) in [4.78, 5) is 0. The highest BCUT2D eigenvalue weighted by Crippen LogP contribution is 2.20. The van der Waals surface area contributed by atoms with Gasteiger partial charge in [0.2, 0.25) is 0 Å². The Morgan fingerprint density at radius 1 is 1.47 bits per heavy atom. The topological polar surface area (TPSA) is 35.8 Å². The maximum Gasteiger partial charge on any atom is 0.129 e. The molecule has 1 aromatic carbocycles. The Balaban J connectivity index is 2.96. The lowest BCUT2D eigenvalue weighted by molar-refractivity contribution is 0.617. The predicted molar refractivity (Wildman–Crippen MR) is 59.2 cm³/mol. The van der Waals surface area contributed by atoms with Gasteiger partial charge in [0.25, 0.3) is 0 Å². The van der Waals surface area contributed by atoms with Gasteiger partial charge in [-0.15, -0.1) is 0 Å². The van der Waals surface area contributed by atoms with Crippen molar-refractivity contribution in [2.24, 2.45) is 5.92 Å². The largest absolute Gasteiger partial charge is 0.384 e. The summed E-state index contributed by atoms with van der Waals surface area (Å²) in [5, 5.41) is 11.8. The number of halogens is 1. The molecule has 0 aliphatic rings. The van der Waals surface area contributed by atoms with E-state index in [1.54, 1.807) is 13.0 Å². The van der Waals surface area contributed by atoms with Gasteiger partial charge in [0, 0.05) is 17.8 Å². The molecule has 0 saturated carbocycles. The predicted octanol–water partition coefficient (Wildman–Crippen LogP) is 3.07. The number of benzene rings is 1. The summed E-state index contributed by atoms with van der Waals surface area (Å²) in [6.07, 6.45) is 0. The van der Waals surface area contributed by atoms with E-state index in [0.29, 0.717) is 22.7 Å². The van der Waals surface area contributed by atoms with Crippen LogP contribution in [0.2, 0.25) is 0 Å². The smallest absolute Gasteiger partial charge is 0.129 e. The van der Waals surface area contributed by atoms with Gasteiger partial charge in [-0.3, -0.25) is 0 Å². The third-order valence-corrected chi connectivity index (χ3v) is 2.17. The molecule has 3 heteroatoms. The molecule has 0 saturated heterocycles. The molecular formula is C12H15FN2. The zero-order valence-electron chi connectivity index (χ0n) is 9.26. The lowest BCUT2D eigenvalue weighted by Crippen LogP contribution is -2.09. The quantitative estimate of drug-likeness (QED) is 0.825. The van der Waals surface area contributed by atoms with Gasteiger partial charge >= 0.3 is 0 Å². The zero-order chi connectivity index (χ0) is 11.4. The molecule has 0 amide bonds. The van der Waals surface area contributed by atoms with Crippen molar-refractivity contribution in [3.63, 3.8) is 0 Å². The van der Waals surface area contributed by atoms with Gasteiger partial charge in [0.05, 0.1) is 11.6 Å². The lowest BCUT2D eigenvalue weighted by Gasteiger charge is -2.12. The molecule has 1 N–H and O–H groups in total. The molecule has 0 aliphatic heterocycles. The van der Waals surface area contributed by atoms with Gasteiger partial charge in [-0.25, -0.2) is 4.39 Å². The fourth-order valence-electron chi connectivity index (χ4n) is 1.24. The van der Waals surface area contributed by atoms with Gasteiger partial charge in [0.1, 0.15) is 5.82 Å². The van der Waals surface area contributed by atoms with Crippen LogP contribution in [0.5, 0.6) is 0 Å². The van der Waals surface area contributed by atoms with Crippen molar-refractivity contribution >= 4 is 5.69 Å². The first-order valence-corrected chi connectivity index (χ1v) is 4.98. The van der Waals surface area contributed by atoms with E-state index in [4.69, 9.17) is 5.26 Å². The summed E-state index contributed by atoms with van der Waals surface area (Å²) in [5.74, 6) is 0.151. The van der Waals surface area contributed by atoms with Crippen LogP contribution in [0.1, 0.15) is 25.0 Å². The Morgan fingerprint density at radius 3 is 2.67 bits per heavy atom. The highest BCUT2D eigenvalue weighted by atomic mass is 19.1. The number of nitriles is 1. The Labute approximate surface area is 89.7 Å². The van der Waals surface area contributed by atoms with Crippen molar-refractivity contribution < 1.29 is 4.39 Å². The third-order valence-electron chi connectivity index (χ3n) is 2.17. The molecule has 1 aromatic rings. The molecule has 0 bridgehead atoms. The van der Waals surface area contributed by atoms with Crippen LogP contribution in [0.25, 0.3) is 0 Å². The average molecular weight is 206 g/mol. The van der Waals surface area contributed by atoms with Gasteiger partial charge in [-0.2, -0.15) is 5.26 Å². The minimum Gasteiger partial charge on any atom is -0.384 e. The van der Waals surface area contributed by atoms with E-state index in [1.165, 1.54) is 6.07 Å². The minimum atomic E-state index is -0.333. The lowest BCUT2D eigenvalue weighted by atomic mass is 10.1. The number of nitrogens with one attached hydrogen (secondary N) is 1. The van der Waals surface area contributed by atoms with Crippen molar-refractivity contribution in [1.82, 2.24) is 0 Å². The molecule has 0 spiro atoms. The van der Waals surface area contributed by atoms with Crippen LogP contribution in [0, 0.1) is 30.0 Å². The molecule has 0 aliphatic carbocycles. The molecule has 15 heavy (non-hydrogen) atoms. The molecule has 0 fully saturated rings. The SMILES string of the molecule is Cc1c(F)cc(C#N)cc1NCC(C)C. The second-order valence-electron chi connectivity index (χ2n) is 4.02. The van der Waals surface area contributed by atoms with Crippen LogP contribution in [0.4, 0.5) is 10.1 Å². The average Bonchev–Trinajstić information content (AvgIpc) is 2.19. The van der Waals surface area contributed by atoms with Crippen molar-refractivity contribution in [3.8, 4) is 6.07 Å². The molecule has 0 aromatic heterocycles.